The molecule has 0 atom stereocenters. The van der Waals surface area contributed by atoms with Crippen LogP contribution in [0.25, 0.3) is 37.2 Å². The monoisotopic (exact) mass is 493 g/mol. The number of benzene rings is 3. The molecule has 0 amide bonds. The number of nitrogens with zero attached hydrogens (tertiary/aromatic N) is 2. The van der Waals surface area contributed by atoms with E-state index in [1.165, 1.54) is 53.9 Å². The first kappa shape index (κ1) is 23.5. The molecule has 0 radical (unpaired) electrons. The summed E-state index contributed by atoms with van der Waals surface area (Å²) in [6.07, 6.45) is 8.07. The largest absolute Gasteiger partial charge is 0.294 e. The lowest BCUT2D eigenvalue weighted by Gasteiger charge is -2.34. The number of thiophene rings is 1. The predicted octanol–water partition coefficient (Wildman–Crippen LogP) is 9.12. The molecule has 0 unspecified atom stereocenters. The highest BCUT2D eigenvalue weighted by atomic mass is 32.1. The van der Waals surface area contributed by atoms with Crippen molar-refractivity contribution >= 4 is 31.5 Å². The van der Waals surface area contributed by atoms with Crippen LogP contribution < -0.4 is 4.57 Å². The summed E-state index contributed by atoms with van der Waals surface area (Å²) in [5.41, 5.74) is 7.29. The zero-order chi connectivity index (χ0) is 25.2. The number of fused-ring (bicyclic) bond motifs is 6. The Morgan fingerprint density at radius 1 is 0.917 bits per heavy atom. The summed E-state index contributed by atoms with van der Waals surface area (Å²) >= 11 is 1.96. The molecule has 2 nitrogen and oxygen atoms in total. The lowest BCUT2D eigenvalue weighted by Crippen LogP contribution is -2.59. The van der Waals surface area contributed by atoms with Gasteiger partial charge in [0.2, 0.25) is 0 Å². The number of imidazole rings is 1. The van der Waals surface area contributed by atoms with E-state index in [0.29, 0.717) is 11.8 Å². The van der Waals surface area contributed by atoms with Gasteiger partial charge in [-0.15, -0.1) is 11.3 Å². The molecule has 184 valence electrons. The normalized spacial score (nSPS) is 14.7. The third kappa shape index (κ3) is 3.25. The van der Waals surface area contributed by atoms with Crippen LogP contribution in [0, 0.1) is 0 Å². The van der Waals surface area contributed by atoms with Gasteiger partial charge in [0, 0.05) is 37.7 Å². The topological polar surface area (TPSA) is 8.81 Å². The highest BCUT2D eigenvalue weighted by molar-refractivity contribution is 7.26. The van der Waals surface area contributed by atoms with Gasteiger partial charge < -0.3 is 0 Å². The molecule has 5 aromatic rings. The average molecular weight is 494 g/mol. The standard InChI is InChI=1S/C33H37N2S/c1-7-33(8-2)20-23-13-9-10-14-24(23)32-34(17-18-35(32)33)30-26(21(3)4)19-27-25-15-11-12-16-28(25)36-31(27)29(30)22(5)6/h9-19,21-22H,7-8,20H2,1-6H3/q+1. The summed E-state index contributed by atoms with van der Waals surface area (Å²) in [5.74, 6) is 2.17. The Morgan fingerprint density at radius 3 is 2.36 bits per heavy atom. The van der Waals surface area contributed by atoms with Crippen molar-refractivity contribution < 1.29 is 4.57 Å². The SMILES string of the molecule is CCC1(CC)Cc2ccccc2-c2n(-c3c(C(C)C)cc4c(sc5ccccc54)c3C(C)C)cc[n+]21. The van der Waals surface area contributed by atoms with Crippen molar-refractivity contribution in [3.8, 4) is 17.1 Å². The van der Waals surface area contributed by atoms with Gasteiger partial charge in [-0.3, -0.25) is 0 Å². The van der Waals surface area contributed by atoms with Crippen LogP contribution in [0.4, 0.5) is 0 Å². The summed E-state index contributed by atoms with van der Waals surface area (Å²) in [4.78, 5) is 0. The molecule has 36 heavy (non-hydrogen) atoms. The zero-order valence-corrected chi connectivity index (χ0v) is 23.2. The summed E-state index contributed by atoms with van der Waals surface area (Å²) < 4.78 is 7.98. The molecule has 0 saturated heterocycles. The molecule has 1 aliphatic heterocycles. The van der Waals surface area contributed by atoms with E-state index in [4.69, 9.17) is 0 Å². The van der Waals surface area contributed by atoms with Crippen LogP contribution in [0.5, 0.6) is 0 Å². The first-order valence-corrected chi connectivity index (χ1v) is 14.4. The molecule has 3 heteroatoms. The maximum atomic E-state index is 2.61. The van der Waals surface area contributed by atoms with Gasteiger partial charge >= 0.3 is 0 Å². The van der Waals surface area contributed by atoms with Crippen molar-refractivity contribution in [1.82, 2.24) is 4.57 Å². The van der Waals surface area contributed by atoms with Crippen molar-refractivity contribution in [2.24, 2.45) is 0 Å². The predicted molar refractivity (Wildman–Crippen MR) is 155 cm³/mol. The smallest absolute Gasteiger partial charge is 0.224 e. The molecular weight excluding hydrogens is 456 g/mol. The lowest BCUT2D eigenvalue weighted by atomic mass is 9.80. The third-order valence-electron chi connectivity index (χ3n) is 8.57. The summed E-state index contributed by atoms with van der Waals surface area (Å²) in [5, 5.41) is 2.80. The van der Waals surface area contributed by atoms with Crippen LogP contribution in [0.15, 0.2) is 67.0 Å². The molecule has 0 aliphatic carbocycles. The van der Waals surface area contributed by atoms with Crippen LogP contribution in [-0.4, -0.2) is 4.57 Å². The molecule has 0 bridgehead atoms. The fourth-order valence-corrected chi connectivity index (χ4v) is 7.90. The Bertz CT molecular complexity index is 1590. The highest BCUT2D eigenvalue weighted by Gasteiger charge is 2.44. The number of aromatic nitrogens is 2. The van der Waals surface area contributed by atoms with Crippen molar-refractivity contribution in [1.29, 1.82) is 0 Å². The number of hydrogen-bond donors (Lipinski definition) is 0. The fraction of sp³-hybridized carbons (Fsp3) is 0.364. The van der Waals surface area contributed by atoms with E-state index < -0.39 is 0 Å². The van der Waals surface area contributed by atoms with E-state index >= 15 is 0 Å². The quantitative estimate of drug-likeness (QED) is 0.216. The van der Waals surface area contributed by atoms with E-state index in [2.05, 4.69) is 118 Å². The molecule has 3 heterocycles. The second-order valence-corrected chi connectivity index (χ2v) is 12.2. The lowest BCUT2D eigenvalue weighted by molar-refractivity contribution is -0.757. The van der Waals surface area contributed by atoms with Crippen LogP contribution in [0.1, 0.15) is 82.9 Å². The Balaban J connectivity index is 1.76. The zero-order valence-electron chi connectivity index (χ0n) is 22.4. The second-order valence-electron chi connectivity index (χ2n) is 11.1. The van der Waals surface area contributed by atoms with Crippen molar-refractivity contribution in [3.63, 3.8) is 0 Å². The summed E-state index contributed by atoms with van der Waals surface area (Å²) in [7, 11) is 0. The Morgan fingerprint density at radius 2 is 1.64 bits per heavy atom. The minimum atomic E-state index is 0.118. The van der Waals surface area contributed by atoms with Gasteiger partial charge in [0.05, 0.1) is 5.56 Å². The molecule has 0 fully saturated rings. The average Bonchev–Trinajstić information content (AvgIpc) is 3.49. The van der Waals surface area contributed by atoms with E-state index in [0.717, 1.165) is 19.3 Å². The third-order valence-corrected chi connectivity index (χ3v) is 9.79. The van der Waals surface area contributed by atoms with Crippen LogP contribution in [0.2, 0.25) is 0 Å². The molecule has 0 spiro atoms. The Kier molecular flexibility index (Phi) is 5.60. The maximum absolute atomic E-state index is 2.61. The highest BCUT2D eigenvalue weighted by Crippen LogP contribution is 2.46. The van der Waals surface area contributed by atoms with Gasteiger partial charge in [-0.2, -0.15) is 4.57 Å². The summed E-state index contributed by atoms with van der Waals surface area (Å²) in [6.45, 7) is 14.1. The molecule has 0 saturated carbocycles. The molecule has 1 aliphatic rings. The van der Waals surface area contributed by atoms with Crippen molar-refractivity contribution in [2.45, 2.75) is 78.2 Å². The van der Waals surface area contributed by atoms with E-state index in [-0.39, 0.29) is 5.54 Å². The van der Waals surface area contributed by atoms with Gasteiger partial charge in [0.15, 0.2) is 0 Å². The van der Waals surface area contributed by atoms with Gasteiger partial charge in [0.25, 0.3) is 5.82 Å². The van der Waals surface area contributed by atoms with Crippen LogP contribution in [0.3, 0.4) is 0 Å². The van der Waals surface area contributed by atoms with Crippen LogP contribution in [-0.2, 0) is 12.0 Å². The molecule has 2 aromatic heterocycles. The Hall–Kier alpha value is -2.91. The van der Waals surface area contributed by atoms with Gasteiger partial charge in [0.1, 0.15) is 23.6 Å². The van der Waals surface area contributed by atoms with E-state index in [1.54, 1.807) is 0 Å². The van der Waals surface area contributed by atoms with E-state index in [1.807, 2.05) is 11.3 Å². The Labute approximate surface area is 219 Å². The van der Waals surface area contributed by atoms with Crippen LogP contribution >= 0.6 is 11.3 Å². The summed E-state index contributed by atoms with van der Waals surface area (Å²) in [6, 6.07) is 20.5. The fourth-order valence-electron chi connectivity index (χ4n) is 6.53. The van der Waals surface area contributed by atoms with Gasteiger partial charge in [-0.1, -0.05) is 77.9 Å². The first-order chi connectivity index (χ1) is 17.4. The van der Waals surface area contributed by atoms with Gasteiger partial charge in [-0.05, 0) is 48.4 Å². The minimum Gasteiger partial charge on any atom is -0.224 e. The maximum Gasteiger partial charge on any atom is 0.294 e. The van der Waals surface area contributed by atoms with E-state index in [9.17, 15) is 0 Å². The number of rotatable bonds is 5. The van der Waals surface area contributed by atoms with Gasteiger partial charge in [-0.25, -0.2) is 4.57 Å². The van der Waals surface area contributed by atoms with Crippen molar-refractivity contribution in [2.75, 3.05) is 0 Å². The number of hydrogen-bond acceptors (Lipinski definition) is 1. The first-order valence-electron chi connectivity index (χ1n) is 13.6. The molecule has 3 aromatic carbocycles. The minimum absolute atomic E-state index is 0.118. The molecular formula is C33H37N2S+. The van der Waals surface area contributed by atoms with Crippen molar-refractivity contribution in [3.05, 3.63) is 83.7 Å². The second kappa shape index (κ2) is 8.59. The molecule has 0 N–H and O–H groups in total. The molecule has 6 rings (SSSR count).